The molecule has 1 aliphatic rings. The van der Waals surface area contributed by atoms with E-state index in [1.54, 1.807) is 11.3 Å². The zero-order valence-corrected chi connectivity index (χ0v) is 9.67. The first kappa shape index (κ1) is 10.7. The molecule has 0 bridgehead atoms. The van der Waals surface area contributed by atoms with E-state index in [1.165, 1.54) is 5.56 Å². The summed E-state index contributed by atoms with van der Waals surface area (Å²) in [6.07, 6.45) is 3.26. The molecular formula is C12H16N2S. The van der Waals surface area contributed by atoms with Crippen molar-refractivity contribution in [3.63, 3.8) is 0 Å². The highest BCUT2D eigenvalue weighted by Gasteiger charge is 2.17. The van der Waals surface area contributed by atoms with Crippen LogP contribution >= 0.6 is 11.3 Å². The molecule has 0 spiro atoms. The van der Waals surface area contributed by atoms with E-state index in [-0.39, 0.29) is 0 Å². The minimum Gasteiger partial charge on any atom is -0.303 e. The van der Waals surface area contributed by atoms with E-state index >= 15 is 0 Å². The van der Waals surface area contributed by atoms with Crippen molar-refractivity contribution in [2.75, 3.05) is 19.6 Å². The van der Waals surface area contributed by atoms with Crippen LogP contribution < -0.4 is 0 Å². The molecule has 1 aromatic heterocycles. The summed E-state index contributed by atoms with van der Waals surface area (Å²) in [6, 6.07) is 4.57. The average Bonchev–Trinajstić information content (AvgIpc) is 2.80. The normalized spacial score (nSPS) is 18.9. The van der Waals surface area contributed by atoms with Gasteiger partial charge in [0.15, 0.2) is 0 Å². The largest absolute Gasteiger partial charge is 0.303 e. The molecule has 1 fully saturated rings. The Labute approximate surface area is 95.1 Å². The van der Waals surface area contributed by atoms with Gasteiger partial charge in [0.1, 0.15) is 0 Å². The third-order valence-corrected chi connectivity index (χ3v) is 3.80. The molecule has 1 saturated heterocycles. The second-order valence-corrected chi connectivity index (χ2v) is 4.91. The van der Waals surface area contributed by atoms with E-state index in [9.17, 15) is 0 Å². The van der Waals surface area contributed by atoms with Gasteiger partial charge in [-0.15, -0.1) is 0 Å². The minimum atomic E-state index is 0.308. The molecule has 0 amide bonds. The van der Waals surface area contributed by atoms with E-state index in [2.05, 4.69) is 27.8 Å². The molecule has 0 radical (unpaired) electrons. The van der Waals surface area contributed by atoms with Crippen LogP contribution in [0.15, 0.2) is 16.8 Å². The van der Waals surface area contributed by atoms with Crippen LogP contribution in [0.3, 0.4) is 0 Å². The van der Waals surface area contributed by atoms with Crippen LogP contribution in [0.25, 0.3) is 0 Å². The maximum atomic E-state index is 8.79. The van der Waals surface area contributed by atoms with Crippen molar-refractivity contribution in [2.24, 2.45) is 5.92 Å². The van der Waals surface area contributed by atoms with Crippen LogP contribution in [0.1, 0.15) is 18.4 Å². The van der Waals surface area contributed by atoms with E-state index in [4.69, 9.17) is 5.26 Å². The summed E-state index contributed by atoms with van der Waals surface area (Å²) in [5.74, 6) is 0.308. The quantitative estimate of drug-likeness (QED) is 0.782. The fraction of sp³-hybridized carbons (Fsp3) is 0.583. The highest BCUT2D eigenvalue weighted by atomic mass is 32.1. The number of thiophene rings is 1. The fourth-order valence-corrected chi connectivity index (χ4v) is 2.71. The number of nitrogens with zero attached hydrogens (tertiary/aromatic N) is 2. The SMILES string of the molecule is N#CC1CCN(CCc2ccsc2)CC1. The minimum absolute atomic E-state index is 0.308. The summed E-state index contributed by atoms with van der Waals surface area (Å²) in [6.45, 7) is 3.35. The highest BCUT2D eigenvalue weighted by molar-refractivity contribution is 7.07. The predicted molar refractivity (Wildman–Crippen MR) is 62.8 cm³/mol. The van der Waals surface area contributed by atoms with Crippen molar-refractivity contribution in [3.8, 4) is 6.07 Å². The lowest BCUT2D eigenvalue weighted by Gasteiger charge is -2.28. The fourth-order valence-electron chi connectivity index (χ4n) is 2.01. The van der Waals surface area contributed by atoms with Gasteiger partial charge in [-0.2, -0.15) is 16.6 Å². The van der Waals surface area contributed by atoms with Gasteiger partial charge >= 0.3 is 0 Å². The van der Waals surface area contributed by atoms with Crippen molar-refractivity contribution < 1.29 is 0 Å². The Bertz CT molecular complexity index is 318. The molecule has 2 rings (SSSR count). The third-order valence-electron chi connectivity index (χ3n) is 3.07. The molecule has 0 saturated carbocycles. The Kier molecular flexibility index (Phi) is 3.76. The van der Waals surface area contributed by atoms with Crippen LogP contribution in [0.4, 0.5) is 0 Å². The Balaban J connectivity index is 1.71. The zero-order chi connectivity index (χ0) is 10.5. The van der Waals surface area contributed by atoms with Crippen molar-refractivity contribution in [2.45, 2.75) is 19.3 Å². The lowest BCUT2D eigenvalue weighted by Crippen LogP contribution is -2.34. The van der Waals surface area contributed by atoms with E-state index in [0.717, 1.165) is 38.9 Å². The molecule has 1 aromatic rings. The van der Waals surface area contributed by atoms with Gasteiger partial charge in [-0.25, -0.2) is 0 Å². The van der Waals surface area contributed by atoms with Crippen LogP contribution in [0, 0.1) is 17.2 Å². The van der Waals surface area contributed by atoms with Crippen LogP contribution in [-0.4, -0.2) is 24.5 Å². The number of rotatable bonds is 3. The lowest BCUT2D eigenvalue weighted by molar-refractivity contribution is 0.208. The van der Waals surface area contributed by atoms with Gasteiger partial charge in [0.05, 0.1) is 6.07 Å². The number of nitriles is 1. The molecule has 0 aliphatic carbocycles. The first-order valence-corrected chi connectivity index (χ1v) is 6.46. The Morgan fingerprint density at radius 1 is 1.47 bits per heavy atom. The summed E-state index contributed by atoms with van der Waals surface area (Å²) in [5, 5.41) is 13.2. The van der Waals surface area contributed by atoms with E-state index in [0.29, 0.717) is 5.92 Å². The maximum Gasteiger partial charge on any atom is 0.0656 e. The maximum absolute atomic E-state index is 8.79. The first-order valence-electron chi connectivity index (χ1n) is 5.51. The van der Waals surface area contributed by atoms with Crippen LogP contribution in [0.2, 0.25) is 0 Å². The molecule has 0 unspecified atom stereocenters. The number of hydrogen-bond donors (Lipinski definition) is 0. The van der Waals surface area contributed by atoms with Gasteiger partial charge in [-0.1, -0.05) is 0 Å². The number of likely N-dealkylation sites (tertiary alicyclic amines) is 1. The van der Waals surface area contributed by atoms with Crippen molar-refractivity contribution in [1.29, 1.82) is 5.26 Å². The molecule has 80 valence electrons. The second kappa shape index (κ2) is 5.29. The Morgan fingerprint density at radius 3 is 2.87 bits per heavy atom. The van der Waals surface area contributed by atoms with E-state index in [1.807, 2.05) is 0 Å². The lowest BCUT2D eigenvalue weighted by atomic mass is 9.98. The topological polar surface area (TPSA) is 27.0 Å². The van der Waals surface area contributed by atoms with Crippen molar-refractivity contribution >= 4 is 11.3 Å². The number of hydrogen-bond acceptors (Lipinski definition) is 3. The second-order valence-electron chi connectivity index (χ2n) is 4.13. The Morgan fingerprint density at radius 2 is 2.27 bits per heavy atom. The predicted octanol–water partition coefficient (Wildman–Crippen LogP) is 2.53. The van der Waals surface area contributed by atoms with Gasteiger partial charge in [-0.05, 0) is 54.7 Å². The van der Waals surface area contributed by atoms with Crippen LogP contribution in [0.5, 0.6) is 0 Å². The average molecular weight is 220 g/mol. The van der Waals surface area contributed by atoms with Crippen LogP contribution in [-0.2, 0) is 6.42 Å². The van der Waals surface area contributed by atoms with Crippen molar-refractivity contribution in [1.82, 2.24) is 4.90 Å². The molecular weight excluding hydrogens is 204 g/mol. The van der Waals surface area contributed by atoms with Crippen molar-refractivity contribution in [3.05, 3.63) is 22.4 Å². The summed E-state index contributed by atoms with van der Waals surface area (Å²) < 4.78 is 0. The van der Waals surface area contributed by atoms with Gasteiger partial charge in [-0.3, -0.25) is 0 Å². The zero-order valence-electron chi connectivity index (χ0n) is 8.85. The summed E-state index contributed by atoms with van der Waals surface area (Å²) in [5.41, 5.74) is 1.45. The number of piperidine rings is 1. The first-order chi connectivity index (χ1) is 7.38. The van der Waals surface area contributed by atoms with Gasteiger partial charge in [0.2, 0.25) is 0 Å². The van der Waals surface area contributed by atoms with Gasteiger partial charge in [0.25, 0.3) is 0 Å². The smallest absolute Gasteiger partial charge is 0.0656 e. The monoisotopic (exact) mass is 220 g/mol. The summed E-state index contributed by atoms with van der Waals surface area (Å²) in [4.78, 5) is 2.48. The third kappa shape index (κ3) is 3.05. The molecule has 0 aromatic carbocycles. The molecule has 15 heavy (non-hydrogen) atoms. The molecule has 2 nitrogen and oxygen atoms in total. The van der Waals surface area contributed by atoms with Gasteiger partial charge in [0, 0.05) is 12.5 Å². The summed E-state index contributed by atoms with van der Waals surface area (Å²) in [7, 11) is 0. The Hall–Kier alpha value is -0.850. The molecule has 1 aliphatic heterocycles. The van der Waals surface area contributed by atoms with Gasteiger partial charge < -0.3 is 4.90 Å². The standard InChI is InChI=1S/C12H16N2S/c13-9-11-1-5-14(6-2-11)7-3-12-4-8-15-10-12/h4,8,10-11H,1-3,5-7H2. The molecule has 0 N–H and O–H groups in total. The summed E-state index contributed by atoms with van der Waals surface area (Å²) >= 11 is 1.77. The molecule has 3 heteroatoms. The molecule has 2 heterocycles. The van der Waals surface area contributed by atoms with E-state index < -0.39 is 0 Å². The molecule has 0 atom stereocenters. The highest BCUT2D eigenvalue weighted by Crippen LogP contribution is 2.16.